The molecule has 0 aromatic heterocycles. The van der Waals surface area contributed by atoms with E-state index < -0.39 is 5.91 Å². The SMILES string of the molecule is COc1ccc(NC(=O)CC(=O)NCc2cccc(C)c2)cc1OC. The Hall–Kier alpha value is -3.02. The number of aryl methyl sites for hydroxylation is 1. The molecule has 0 spiro atoms. The van der Waals surface area contributed by atoms with E-state index in [-0.39, 0.29) is 12.3 Å². The fourth-order valence-corrected chi connectivity index (χ4v) is 2.35. The zero-order chi connectivity index (χ0) is 18.2. The molecule has 2 aromatic carbocycles. The molecular formula is C19H22N2O4. The van der Waals surface area contributed by atoms with E-state index in [9.17, 15) is 9.59 Å². The van der Waals surface area contributed by atoms with Gasteiger partial charge < -0.3 is 20.1 Å². The minimum atomic E-state index is -0.394. The van der Waals surface area contributed by atoms with Crippen LogP contribution in [0.25, 0.3) is 0 Å². The Morgan fingerprint density at radius 2 is 1.72 bits per heavy atom. The van der Waals surface area contributed by atoms with Gasteiger partial charge in [0.25, 0.3) is 0 Å². The predicted molar refractivity (Wildman–Crippen MR) is 95.8 cm³/mol. The molecule has 0 fully saturated rings. The molecule has 0 aliphatic rings. The predicted octanol–water partition coefficient (Wildman–Crippen LogP) is 2.66. The monoisotopic (exact) mass is 342 g/mol. The number of methoxy groups -OCH3 is 2. The molecular weight excluding hydrogens is 320 g/mol. The van der Waals surface area contributed by atoms with Crippen molar-refractivity contribution in [1.29, 1.82) is 0 Å². The minimum absolute atomic E-state index is 0.250. The van der Waals surface area contributed by atoms with Crippen LogP contribution in [0.3, 0.4) is 0 Å². The molecule has 132 valence electrons. The van der Waals surface area contributed by atoms with E-state index in [0.29, 0.717) is 23.7 Å². The van der Waals surface area contributed by atoms with E-state index in [1.165, 1.54) is 14.2 Å². The molecule has 6 nitrogen and oxygen atoms in total. The summed E-state index contributed by atoms with van der Waals surface area (Å²) in [6.45, 7) is 2.38. The molecule has 0 atom stereocenters. The average molecular weight is 342 g/mol. The van der Waals surface area contributed by atoms with Gasteiger partial charge in [-0.1, -0.05) is 29.8 Å². The third-order valence-electron chi connectivity index (χ3n) is 3.56. The second kappa shape index (κ2) is 8.73. The summed E-state index contributed by atoms with van der Waals surface area (Å²) in [6, 6.07) is 12.8. The van der Waals surface area contributed by atoms with Crippen molar-refractivity contribution >= 4 is 17.5 Å². The number of ether oxygens (including phenoxy) is 2. The van der Waals surface area contributed by atoms with Crippen LogP contribution in [0.1, 0.15) is 17.5 Å². The maximum atomic E-state index is 12.0. The molecule has 0 saturated carbocycles. The molecule has 2 N–H and O–H groups in total. The highest BCUT2D eigenvalue weighted by atomic mass is 16.5. The second-order valence-electron chi connectivity index (χ2n) is 5.56. The number of anilines is 1. The number of nitrogens with one attached hydrogen (secondary N) is 2. The number of amides is 2. The van der Waals surface area contributed by atoms with Crippen molar-refractivity contribution in [2.24, 2.45) is 0 Å². The normalized spacial score (nSPS) is 10.0. The summed E-state index contributed by atoms with van der Waals surface area (Å²) >= 11 is 0. The first-order chi connectivity index (χ1) is 12.0. The van der Waals surface area contributed by atoms with E-state index in [1.54, 1.807) is 18.2 Å². The van der Waals surface area contributed by atoms with Gasteiger partial charge in [-0.15, -0.1) is 0 Å². The molecule has 2 amide bonds. The Morgan fingerprint density at radius 3 is 2.40 bits per heavy atom. The first-order valence-electron chi connectivity index (χ1n) is 7.86. The van der Waals surface area contributed by atoms with E-state index in [4.69, 9.17) is 9.47 Å². The number of carbonyl (C=O) groups is 2. The van der Waals surface area contributed by atoms with Gasteiger partial charge in [-0.05, 0) is 24.6 Å². The molecule has 0 aliphatic carbocycles. The van der Waals surface area contributed by atoms with Gasteiger partial charge in [0.1, 0.15) is 6.42 Å². The van der Waals surface area contributed by atoms with Crippen LogP contribution in [0.15, 0.2) is 42.5 Å². The Kier molecular flexibility index (Phi) is 6.39. The smallest absolute Gasteiger partial charge is 0.233 e. The molecule has 0 bridgehead atoms. The van der Waals surface area contributed by atoms with Crippen molar-refractivity contribution < 1.29 is 19.1 Å². The Morgan fingerprint density at radius 1 is 0.960 bits per heavy atom. The Balaban J connectivity index is 1.86. The van der Waals surface area contributed by atoms with Crippen LogP contribution in [0.4, 0.5) is 5.69 Å². The van der Waals surface area contributed by atoms with Crippen molar-refractivity contribution in [2.45, 2.75) is 19.9 Å². The molecule has 2 rings (SSSR count). The molecule has 0 aliphatic heterocycles. The number of hydrogen-bond donors (Lipinski definition) is 2. The summed E-state index contributed by atoms with van der Waals surface area (Å²) in [5, 5.41) is 5.41. The fraction of sp³-hybridized carbons (Fsp3) is 0.263. The third-order valence-corrected chi connectivity index (χ3v) is 3.56. The van der Waals surface area contributed by atoms with Gasteiger partial charge >= 0.3 is 0 Å². The van der Waals surface area contributed by atoms with E-state index in [1.807, 2.05) is 31.2 Å². The lowest BCUT2D eigenvalue weighted by molar-refractivity contribution is -0.126. The zero-order valence-electron chi connectivity index (χ0n) is 14.6. The Labute approximate surface area is 147 Å². The first-order valence-corrected chi connectivity index (χ1v) is 7.86. The number of carbonyl (C=O) groups excluding carboxylic acids is 2. The van der Waals surface area contributed by atoms with E-state index >= 15 is 0 Å². The zero-order valence-corrected chi connectivity index (χ0v) is 14.6. The standard InChI is InChI=1S/C19H22N2O4/c1-13-5-4-6-14(9-13)12-20-18(22)11-19(23)21-15-7-8-16(24-2)17(10-15)25-3/h4-10H,11-12H2,1-3H3,(H,20,22)(H,21,23). The van der Waals surface area contributed by atoms with Crippen molar-refractivity contribution in [2.75, 3.05) is 19.5 Å². The number of benzene rings is 2. The highest BCUT2D eigenvalue weighted by Crippen LogP contribution is 2.29. The van der Waals surface area contributed by atoms with Crippen LogP contribution < -0.4 is 20.1 Å². The van der Waals surface area contributed by atoms with Crippen LogP contribution in [0, 0.1) is 6.92 Å². The lowest BCUT2D eigenvalue weighted by Gasteiger charge is -2.11. The van der Waals surface area contributed by atoms with Gasteiger partial charge in [0, 0.05) is 18.3 Å². The van der Waals surface area contributed by atoms with Crippen molar-refractivity contribution in [1.82, 2.24) is 5.32 Å². The van der Waals surface area contributed by atoms with Crippen LogP contribution in [0.2, 0.25) is 0 Å². The van der Waals surface area contributed by atoms with E-state index in [2.05, 4.69) is 10.6 Å². The van der Waals surface area contributed by atoms with E-state index in [0.717, 1.165) is 11.1 Å². The van der Waals surface area contributed by atoms with Gasteiger partial charge in [0.2, 0.25) is 11.8 Å². The van der Waals surface area contributed by atoms with Crippen molar-refractivity contribution in [3.05, 3.63) is 53.6 Å². The van der Waals surface area contributed by atoms with Gasteiger partial charge in [-0.3, -0.25) is 9.59 Å². The second-order valence-corrected chi connectivity index (χ2v) is 5.56. The quantitative estimate of drug-likeness (QED) is 0.759. The highest BCUT2D eigenvalue weighted by Gasteiger charge is 2.11. The van der Waals surface area contributed by atoms with Crippen molar-refractivity contribution in [3.63, 3.8) is 0 Å². The topological polar surface area (TPSA) is 76.7 Å². The lowest BCUT2D eigenvalue weighted by atomic mass is 10.1. The largest absolute Gasteiger partial charge is 0.493 e. The van der Waals surface area contributed by atoms with Crippen LogP contribution in [-0.4, -0.2) is 26.0 Å². The molecule has 0 saturated heterocycles. The summed E-state index contributed by atoms with van der Waals surface area (Å²) in [5.74, 6) is 0.342. The molecule has 6 heteroatoms. The summed E-state index contributed by atoms with van der Waals surface area (Å²) in [5.41, 5.74) is 2.65. The summed E-state index contributed by atoms with van der Waals surface area (Å²) < 4.78 is 10.3. The number of hydrogen-bond acceptors (Lipinski definition) is 4. The molecule has 2 aromatic rings. The van der Waals surface area contributed by atoms with Gasteiger partial charge in [-0.25, -0.2) is 0 Å². The Bertz CT molecular complexity index is 759. The molecule has 0 radical (unpaired) electrons. The summed E-state index contributed by atoms with van der Waals surface area (Å²) in [6.07, 6.45) is -0.250. The number of rotatable bonds is 7. The maximum Gasteiger partial charge on any atom is 0.233 e. The first kappa shape index (κ1) is 18.3. The van der Waals surface area contributed by atoms with Gasteiger partial charge in [-0.2, -0.15) is 0 Å². The minimum Gasteiger partial charge on any atom is -0.493 e. The van der Waals surface area contributed by atoms with Crippen LogP contribution in [-0.2, 0) is 16.1 Å². The summed E-state index contributed by atoms with van der Waals surface area (Å²) in [4.78, 5) is 23.9. The fourth-order valence-electron chi connectivity index (χ4n) is 2.35. The van der Waals surface area contributed by atoms with Crippen LogP contribution in [0.5, 0.6) is 11.5 Å². The highest BCUT2D eigenvalue weighted by molar-refractivity contribution is 6.03. The molecule has 0 unspecified atom stereocenters. The molecule has 0 heterocycles. The lowest BCUT2D eigenvalue weighted by Crippen LogP contribution is -2.27. The summed E-state index contributed by atoms with van der Waals surface area (Å²) in [7, 11) is 3.05. The van der Waals surface area contributed by atoms with Crippen molar-refractivity contribution in [3.8, 4) is 11.5 Å². The third kappa shape index (κ3) is 5.53. The van der Waals surface area contributed by atoms with Gasteiger partial charge in [0.05, 0.1) is 14.2 Å². The average Bonchev–Trinajstić information content (AvgIpc) is 2.59. The maximum absolute atomic E-state index is 12.0. The molecule has 25 heavy (non-hydrogen) atoms. The van der Waals surface area contributed by atoms with Crippen LogP contribution >= 0.6 is 0 Å². The van der Waals surface area contributed by atoms with Gasteiger partial charge in [0.15, 0.2) is 11.5 Å².